The molecule has 1 fully saturated rings. The number of nitrogens with one attached hydrogen (secondary N) is 2. The maximum absolute atomic E-state index is 12.4. The van der Waals surface area contributed by atoms with Gasteiger partial charge in [-0.15, -0.1) is 0 Å². The van der Waals surface area contributed by atoms with Crippen LogP contribution in [-0.4, -0.2) is 41.3 Å². The fourth-order valence-corrected chi connectivity index (χ4v) is 4.81. The zero-order chi connectivity index (χ0) is 17.8. The van der Waals surface area contributed by atoms with Crippen LogP contribution in [0.15, 0.2) is 29.2 Å². The number of sulfonamides is 1. The highest BCUT2D eigenvalue weighted by atomic mass is 32.2. The van der Waals surface area contributed by atoms with E-state index in [1.807, 2.05) is 0 Å². The lowest BCUT2D eigenvalue weighted by atomic mass is 9.96. The Balaban J connectivity index is 2.05. The average Bonchev–Trinajstić information content (AvgIpc) is 2.60. The topological polar surface area (TPSA) is 95.6 Å². The molecule has 1 saturated carbocycles. The Bertz CT molecular complexity index is 757. The minimum absolute atomic E-state index is 0.0345. The molecule has 1 aromatic carbocycles. The van der Waals surface area contributed by atoms with E-state index in [1.165, 1.54) is 23.5 Å². The predicted octanol–water partition coefficient (Wildman–Crippen LogP) is 1.19. The first-order chi connectivity index (χ1) is 11.3. The van der Waals surface area contributed by atoms with Crippen molar-refractivity contribution in [3.63, 3.8) is 0 Å². The van der Waals surface area contributed by atoms with Crippen LogP contribution in [0.5, 0.6) is 0 Å². The summed E-state index contributed by atoms with van der Waals surface area (Å²) in [4.78, 5) is 0.113. The predicted molar refractivity (Wildman–Crippen MR) is 93.1 cm³/mol. The van der Waals surface area contributed by atoms with E-state index in [0.29, 0.717) is 5.56 Å². The molecular formula is C15H25N3O4S2. The van der Waals surface area contributed by atoms with Crippen LogP contribution in [0.4, 0.5) is 0 Å². The Morgan fingerprint density at radius 1 is 1.12 bits per heavy atom. The van der Waals surface area contributed by atoms with Crippen molar-refractivity contribution in [3.05, 3.63) is 29.8 Å². The third-order valence-electron chi connectivity index (χ3n) is 4.40. The molecule has 24 heavy (non-hydrogen) atoms. The summed E-state index contributed by atoms with van der Waals surface area (Å²) in [5.41, 5.74) is 0.590. The maximum Gasteiger partial charge on any atom is 0.279 e. The van der Waals surface area contributed by atoms with Crippen molar-refractivity contribution in [2.24, 2.45) is 0 Å². The molecule has 0 spiro atoms. The molecule has 9 heteroatoms. The SMILES string of the molecule is CNS(=O)(=O)c1cccc(CNS(=O)(=O)N(C)C2CCCCC2)c1. The Morgan fingerprint density at radius 2 is 1.79 bits per heavy atom. The highest BCUT2D eigenvalue weighted by molar-refractivity contribution is 7.89. The summed E-state index contributed by atoms with van der Waals surface area (Å²) in [7, 11) is -4.20. The number of hydrogen-bond acceptors (Lipinski definition) is 4. The lowest BCUT2D eigenvalue weighted by Crippen LogP contribution is -2.44. The standard InChI is InChI=1S/C15H25N3O4S2/c1-16-23(19,20)15-10-6-7-13(11-15)12-17-24(21,22)18(2)14-8-4-3-5-9-14/h6-7,10-11,14,16-17H,3-5,8-9,12H2,1-2H3. The van der Waals surface area contributed by atoms with Gasteiger partial charge in [0.25, 0.3) is 10.2 Å². The smallest absolute Gasteiger partial charge is 0.214 e. The van der Waals surface area contributed by atoms with Crippen molar-refractivity contribution in [3.8, 4) is 0 Å². The van der Waals surface area contributed by atoms with E-state index in [9.17, 15) is 16.8 Å². The monoisotopic (exact) mass is 375 g/mol. The van der Waals surface area contributed by atoms with E-state index >= 15 is 0 Å². The summed E-state index contributed by atoms with van der Waals surface area (Å²) in [6.07, 6.45) is 5.02. The lowest BCUT2D eigenvalue weighted by Gasteiger charge is -2.30. The molecule has 0 amide bonds. The van der Waals surface area contributed by atoms with E-state index in [0.717, 1.165) is 32.1 Å². The van der Waals surface area contributed by atoms with Crippen LogP contribution in [0.1, 0.15) is 37.7 Å². The van der Waals surface area contributed by atoms with Crippen LogP contribution in [0.3, 0.4) is 0 Å². The normalized spacial score (nSPS) is 17.3. The van der Waals surface area contributed by atoms with Crippen LogP contribution < -0.4 is 9.44 Å². The van der Waals surface area contributed by atoms with E-state index < -0.39 is 20.2 Å². The summed E-state index contributed by atoms with van der Waals surface area (Å²) in [5, 5.41) is 0. The molecule has 0 bridgehead atoms. The van der Waals surface area contributed by atoms with Gasteiger partial charge in [-0.05, 0) is 37.6 Å². The van der Waals surface area contributed by atoms with Gasteiger partial charge in [0.15, 0.2) is 0 Å². The zero-order valence-electron chi connectivity index (χ0n) is 14.0. The summed E-state index contributed by atoms with van der Waals surface area (Å²) >= 11 is 0. The fraction of sp³-hybridized carbons (Fsp3) is 0.600. The largest absolute Gasteiger partial charge is 0.279 e. The Morgan fingerprint density at radius 3 is 2.42 bits per heavy atom. The molecule has 0 unspecified atom stereocenters. The fourth-order valence-electron chi connectivity index (χ4n) is 2.86. The van der Waals surface area contributed by atoms with Crippen LogP contribution >= 0.6 is 0 Å². The molecule has 2 rings (SSSR count). The van der Waals surface area contributed by atoms with Gasteiger partial charge in [-0.3, -0.25) is 0 Å². The van der Waals surface area contributed by atoms with E-state index in [4.69, 9.17) is 0 Å². The van der Waals surface area contributed by atoms with Crippen molar-refractivity contribution in [2.75, 3.05) is 14.1 Å². The number of nitrogens with zero attached hydrogens (tertiary/aromatic N) is 1. The summed E-state index contributed by atoms with van der Waals surface area (Å²) in [5.74, 6) is 0. The van der Waals surface area contributed by atoms with E-state index in [1.54, 1.807) is 19.2 Å². The van der Waals surface area contributed by atoms with Crippen molar-refractivity contribution in [2.45, 2.75) is 49.6 Å². The highest BCUT2D eigenvalue weighted by Crippen LogP contribution is 2.23. The van der Waals surface area contributed by atoms with E-state index in [-0.39, 0.29) is 17.5 Å². The van der Waals surface area contributed by atoms with Gasteiger partial charge in [-0.2, -0.15) is 17.4 Å². The first-order valence-electron chi connectivity index (χ1n) is 8.01. The van der Waals surface area contributed by atoms with Crippen molar-refractivity contribution < 1.29 is 16.8 Å². The van der Waals surface area contributed by atoms with Gasteiger partial charge in [0.1, 0.15) is 0 Å². The molecule has 0 saturated heterocycles. The van der Waals surface area contributed by atoms with Gasteiger partial charge in [0.2, 0.25) is 10.0 Å². The molecule has 0 radical (unpaired) electrons. The molecule has 2 N–H and O–H groups in total. The quantitative estimate of drug-likeness (QED) is 0.748. The molecule has 0 aliphatic heterocycles. The molecular weight excluding hydrogens is 350 g/mol. The van der Waals surface area contributed by atoms with Gasteiger partial charge in [-0.1, -0.05) is 31.4 Å². The molecule has 1 aliphatic carbocycles. The van der Waals surface area contributed by atoms with Crippen molar-refractivity contribution in [1.82, 2.24) is 13.7 Å². The summed E-state index contributed by atoms with van der Waals surface area (Å²) in [6, 6.07) is 6.26. The van der Waals surface area contributed by atoms with Gasteiger partial charge in [0, 0.05) is 19.6 Å². The Labute approximate surface area is 144 Å². The van der Waals surface area contributed by atoms with Gasteiger partial charge < -0.3 is 0 Å². The summed E-state index contributed by atoms with van der Waals surface area (Å²) < 4.78 is 54.7. The Hall–Kier alpha value is -1.00. The highest BCUT2D eigenvalue weighted by Gasteiger charge is 2.27. The molecule has 0 heterocycles. The molecule has 1 aliphatic rings. The third-order valence-corrected chi connectivity index (χ3v) is 7.38. The first kappa shape index (κ1) is 19.3. The molecule has 0 aromatic heterocycles. The minimum Gasteiger partial charge on any atom is -0.214 e. The van der Waals surface area contributed by atoms with Crippen LogP contribution in [-0.2, 0) is 26.8 Å². The average molecular weight is 376 g/mol. The van der Waals surface area contributed by atoms with Crippen molar-refractivity contribution in [1.29, 1.82) is 0 Å². The third kappa shape index (κ3) is 4.76. The lowest BCUT2D eigenvalue weighted by molar-refractivity contribution is 0.283. The van der Waals surface area contributed by atoms with Gasteiger partial charge in [0.05, 0.1) is 4.90 Å². The second-order valence-electron chi connectivity index (χ2n) is 5.99. The number of benzene rings is 1. The molecule has 1 aromatic rings. The van der Waals surface area contributed by atoms with Crippen LogP contribution in [0, 0.1) is 0 Å². The second kappa shape index (κ2) is 7.92. The molecule has 7 nitrogen and oxygen atoms in total. The molecule has 136 valence electrons. The molecule has 0 atom stereocenters. The van der Waals surface area contributed by atoms with Gasteiger partial charge >= 0.3 is 0 Å². The van der Waals surface area contributed by atoms with Crippen LogP contribution in [0.25, 0.3) is 0 Å². The Kier molecular flexibility index (Phi) is 6.38. The van der Waals surface area contributed by atoms with Crippen LogP contribution in [0.2, 0.25) is 0 Å². The van der Waals surface area contributed by atoms with Crippen molar-refractivity contribution >= 4 is 20.2 Å². The number of rotatable bonds is 7. The zero-order valence-corrected chi connectivity index (χ0v) is 15.7. The summed E-state index contributed by atoms with van der Waals surface area (Å²) in [6.45, 7) is 0.0481. The van der Waals surface area contributed by atoms with E-state index in [2.05, 4.69) is 9.44 Å². The second-order valence-corrected chi connectivity index (χ2v) is 9.69. The first-order valence-corrected chi connectivity index (χ1v) is 10.9. The maximum atomic E-state index is 12.4. The van der Waals surface area contributed by atoms with Gasteiger partial charge in [-0.25, -0.2) is 13.1 Å². The number of hydrogen-bond donors (Lipinski definition) is 2. The minimum atomic E-state index is -3.59.